The van der Waals surface area contributed by atoms with Gasteiger partial charge in [-0.05, 0) is 32.3 Å². The Bertz CT molecular complexity index is 371. The molecule has 1 atom stereocenters. The van der Waals surface area contributed by atoms with Gasteiger partial charge in [-0.2, -0.15) is 0 Å². The Morgan fingerprint density at radius 2 is 2.20 bits per heavy atom. The average Bonchev–Trinajstić information content (AvgIpc) is 3.17. The lowest BCUT2D eigenvalue weighted by atomic mass is 10.1. The summed E-state index contributed by atoms with van der Waals surface area (Å²) in [5, 5.41) is 3.52. The molecule has 0 amide bonds. The van der Waals surface area contributed by atoms with Crippen LogP contribution in [-0.4, -0.2) is 12.1 Å². The molecule has 0 aromatic carbocycles. The predicted molar refractivity (Wildman–Crippen MR) is 81.6 cm³/mol. The molecule has 0 saturated heterocycles. The van der Waals surface area contributed by atoms with E-state index in [2.05, 4.69) is 25.2 Å². The molecule has 1 aliphatic carbocycles. The van der Waals surface area contributed by atoms with Crippen LogP contribution >= 0.6 is 0 Å². The molecule has 1 saturated carbocycles. The van der Waals surface area contributed by atoms with Crippen LogP contribution in [-0.2, 0) is 17.9 Å². The molecule has 0 bridgehead atoms. The van der Waals surface area contributed by atoms with E-state index >= 15 is 0 Å². The zero-order chi connectivity index (χ0) is 14.2. The van der Waals surface area contributed by atoms with E-state index in [-0.39, 0.29) is 0 Å². The molecule has 0 aliphatic heterocycles. The first-order valence-corrected chi connectivity index (χ1v) is 8.19. The third-order valence-electron chi connectivity index (χ3n) is 3.96. The summed E-state index contributed by atoms with van der Waals surface area (Å²) in [6.45, 7) is 5.92. The van der Waals surface area contributed by atoms with Crippen molar-refractivity contribution >= 4 is 0 Å². The van der Waals surface area contributed by atoms with Crippen LogP contribution < -0.4 is 5.32 Å². The zero-order valence-electron chi connectivity index (χ0n) is 13.0. The number of rotatable bonds is 11. The SMILES string of the molecule is CCCCCCC(C)OCc1occc1CNC1CC1. The number of hydrogen-bond acceptors (Lipinski definition) is 3. The average molecular weight is 279 g/mol. The van der Waals surface area contributed by atoms with Crippen LogP contribution in [0.5, 0.6) is 0 Å². The highest BCUT2D eigenvalue weighted by molar-refractivity contribution is 5.16. The highest BCUT2D eigenvalue weighted by Crippen LogP contribution is 2.21. The Morgan fingerprint density at radius 1 is 1.35 bits per heavy atom. The Kier molecular flexibility index (Phi) is 6.61. The van der Waals surface area contributed by atoms with Gasteiger partial charge in [-0.3, -0.25) is 0 Å². The van der Waals surface area contributed by atoms with Crippen molar-refractivity contribution in [1.82, 2.24) is 5.32 Å². The number of furan rings is 1. The first-order valence-electron chi connectivity index (χ1n) is 8.19. The van der Waals surface area contributed by atoms with Crippen molar-refractivity contribution in [1.29, 1.82) is 0 Å². The molecule has 1 heterocycles. The molecule has 1 N–H and O–H groups in total. The maximum absolute atomic E-state index is 5.91. The summed E-state index contributed by atoms with van der Waals surface area (Å²) in [5.41, 5.74) is 1.25. The fourth-order valence-corrected chi connectivity index (χ4v) is 2.35. The van der Waals surface area contributed by atoms with Gasteiger partial charge in [0.15, 0.2) is 0 Å². The van der Waals surface area contributed by atoms with E-state index in [0.717, 1.165) is 24.8 Å². The van der Waals surface area contributed by atoms with Gasteiger partial charge in [0.25, 0.3) is 0 Å². The number of hydrogen-bond donors (Lipinski definition) is 1. The largest absolute Gasteiger partial charge is 0.467 e. The summed E-state index contributed by atoms with van der Waals surface area (Å²) >= 11 is 0. The van der Waals surface area contributed by atoms with E-state index in [0.29, 0.717) is 12.7 Å². The van der Waals surface area contributed by atoms with E-state index in [1.807, 2.05) is 0 Å². The second kappa shape index (κ2) is 8.48. The maximum Gasteiger partial charge on any atom is 0.133 e. The van der Waals surface area contributed by atoms with Crippen molar-refractivity contribution < 1.29 is 9.15 Å². The van der Waals surface area contributed by atoms with Crippen molar-refractivity contribution in [2.45, 2.75) is 84.1 Å². The molecule has 0 radical (unpaired) electrons. The van der Waals surface area contributed by atoms with Crippen LogP contribution in [0.25, 0.3) is 0 Å². The van der Waals surface area contributed by atoms with Gasteiger partial charge in [-0.15, -0.1) is 0 Å². The summed E-state index contributed by atoms with van der Waals surface area (Å²) in [6.07, 6.45) is 11.1. The van der Waals surface area contributed by atoms with Crippen molar-refractivity contribution in [2.75, 3.05) is 0 Å². The molecule has 1 aliphatic rings. The van der Waals surface area contributed by atoms with Gasteiger partial charge < -0.3 is 14.5 Å². The van der Waals surface area contributed by atoms with Crippen LogP contribution in [0.2, 0.25) is 0 Å². The van der Waals surface area contributed by atoms with E-state index in [4.69, 9.17) is 9.15 Å². The standard InChI is InChI=1S/C17H29NO2/c1-3-4-5-6-7-14(2)20-13-17-15(10-11-19-17)12-18-16-8-9-16/h10-11,14,16,18H,3-9,12-13H2,1-2H3. The van der Waals surface area contributed by atoms with Gasteiger partial charge in [-0.25, -0.2) is 0 Å². The molecule has 2 rings (SSSR count). The quantitative estimate of drug-likeness (QED) is 0.609. The Morgan fingerprint density at radius 3 is 2.95 bits per heavy atom. The van der Waals surface area contributed by atoms with Gasteiger partial charge in [0, 0.05) is 18.2 Å². The minimum atomic E-state index is 0.321. The summed E-state index contributed by atoms with van der Waals surface area (Å²) in [6, 6.07) is 2.79. The van der Waals surface area contributed by atoms with Gasteiger partial charge >= 0.3 is 0 Å². The molecule has 1 aromatic rings. The monoisotopic (exact) mass is 279 g/mol. The van der Waals surface area contributed by atoms with Gasteiger partial charge in [0.1, 0.15) is 12.4 Å². The smallest absolute Gasteiger partial charge is 0.133 e. The lowest BCUT2D eigenvalue weighted by molar-refractivity contribution is 0.0355. The molecule has 1 unspecified atom stereocenters. The summed E-state index contributed by atoms with van der Waals surface area (Å²) < 4.78 is 11.5. The first-order chi connectivity index (χ1) is 9.79. The van der Waals surface area contributed by atoms with Crippen molar-refractivity contribution in [3.8, 4) is 0 Å². The Labute approximate surface area is 123 Å². The first kappa shape index (κ1) is 15.6. The minimum absolute atomic E-state index is 0.321. The fourth-order valence-electron chi connectivity index (χ4n) is 2.35. The summed E-state index contributed by atoms with van der Waals surface area (Å²) in [4.78, 5) is 0. The predicted octanol–water partition coefficient (Wildman–Crippen LogP) is 4.41. The van der Waals surface area contributed by atoms with Gasteiger partial charge in [-0.1, -0.05) is 32.6 Å². The van der Waals surface area contributed by atoms with Crippen LogP contribution in [0, 0.1) is 0 Å². The molecular formula is C17H29NO2. The summed E-state index contributed by atoms with van der Waals surface area (Å²) in [5.74, 6) is 0.985. The number of unbranched alkanes of at least 4 members (excludes halogenated alkanes) is 3. The Hall–Kier alpha value is -0.800. The zero-order valence-corrected chi connectivity index (χ0v) is 13.0. The van der Waals surface area contributed by atoms with E-state index < -0.39 is 0 Å². The molecule has 114 valence electrons. The van der Waals surface area contributed by atoms with E-state index in [9.17, 15) is 0 Å². The molecule has 3 nitrogen and oxygen atoms in total. The number of nitrogens with one attached hydrogen (secondary N) is 1. The highest BCUT2D eigenvalue weighted by Gasteiger charge is 2.21. The molecule has 1 fully saturated rings. The second-order valence-electron chi connectivity index (χ2n) is 6.00. The van der Waals surface area contributed by atoms with Crippen LogP contribution in [0.4, 0.5) is 0 Å². The van der Waals surface area contributed by atoms with Gasteiger partial charge in [0.2, 0.25) is 0 Å². The van der Waals surface area contributed by atoms with Crippen LogP contribution in [0.3, 0.4) is 0 Å². The molecule has 3 heteroatoms. The lowest BCUT2D eigenvalue weighted by Crippen LogP contribution is -2.16. The Balaban J connectivity index is 1.63. The lowest BCUT2D eigenvalue weighted by Gasteiger charge is -2.12. The number of ether oxygens (including phenoxy) is 1. The van der Waals surface area contributed by atoms with Crippen molar-refractivity contribution in [3.63, 3.8) is 0 Å². The second-order valence-corrected chi connectivity index (χ2v) is 6.00. The minimum Gasteiger partial charge on any atom is -0.467 e. The molecule has 20 heavy (non-hydrogen) atoms. The van der Waals surface area contributed by atoms with Crippen LogP contribution in [0.15, 0.2) is 16.7 Å². The van der Waals surface area contributed by atoms with Crippen molar-refractivity contribution in [3.05, 3.63) is 23.7 Å². The normalized spacial score (nSPS) is 16.5. The molecular weight excluding hydrogens is 250 g/mol. The third-order valence-corrected chi connectivity index (χ3v) is 3.96. The fraction of sp³-hybridized carbons (Fsp3) is 0.765. The highest BCUT2D eigenvalue weighted by atomic mass is 16.5. The maximum atomic E-state index is 5.91. The van der Waals surface area contributed by atoms with Crippen molar-refractivity contribution in [2.24, 2.45) is 0 Å². The summed E-state index contributed by atoms with van der Waals surface area (Å²) in [7, 11) is 0. The van der Waals surface area contributed by atoms with E-state index in [1.54, 1.807) is 6.26 Å². The van der Waals surface area contributed by atoms with Crippen LogP contribution in [0.1, 0.15) is 70.1 Å². The third kappa shape index (κ3) is 5.68. The topological polar surface area (TPSA) is 34.4 Å². The van der Waals surface area contributed by atoms with E-state index in [1.165, 1.54) is 44.1 Å². The molecule has 0 spiro atoms. The molecule has 1 aromatic heterocycles. The van der Waals surface area contributed by atoms with Gasteiger partial charge in [0.05, 0.1) is 12.4 Å².